The molecule has 0 aromatic rings. The normalized spacial score (nSPS) is 15.7. The molecule has 0 heterocycles. The molecule has 0 amide bonds. The first-order valence-electron chi connectivity index (χ1n) is 3.15. The van der Waals surface area contributed by atoms with Crippen LogP contribution in [-0.2, 0) is 9.68 Å². The lowest BCUT2D eigenvalue weighted by molar-refractivity contribution is -0.217. The standard InChI is InChI=1S/C5H10.CH2O3/c1-2-4-5-3-1;2-1-4-3/h1-5H2;1,3H. The highest BCUT2D eigenvalue weighted by Gasteiger charge is 1.95. The molecule has 0 aromatic carbocycles. The predicted octanol–water partition coefficient (Wildman–Crippen LogP) is 1.58. The van der Waals surface area contributed by atoms with Crippen molar-refractivity contribution in [1.82, 2.24) is 0 Å². The van der Waals surface area contributed by atoms with Crippen LogP contribution in [0.5, 0.6) is 0 Å². The lowest BCUT2D eigenvalue weighted by atomic mass is 10.4. The molecule has 1 rings (SSSR count). The first kappa shape index (κ1) is 8.43. The van der Waals surface area contributed by atoms with Gasteiger partial charge in [0.05, 0.1) is 0 Å². The van der Waals surface area contributed by atoms with Crippen molar-refractivity contribution in [2.24, 2.45) is 0 Å². The zero-order valence-corrected chi connectivity index (χ0v) is 5.38. The van der Waals surface area contributed by atoms with Gasteiger partial charge >= 0.3 is 6.47 Å². The van der Waals surface area contributed by atoms with Gasteiger partial charge in [-0.15, -0.1) is 0 Å². The van der Waals surface area contributed by atoms with Crippen LogP contribution in [0.3, 0.4) is 0 Å². The maximum atomic E-state index is 8.70. The molecule has 0 aliphatic heterocycles. The highest BCUT2D eigenvalue weighted by Crippen LogP contribution is 2.15. The SMILES string of the molecule is C1CCCC1.O=COO. The lowest BCUT2D eigenvalue weighted by Crippen LogP contribution is -1.69. The van der Waals surface area contributed by atoms with Gasteiger partial charge in [-0.25, -0.2) is 5.26 Å². The second kappa shape index (κ2) is 7.43. The van der Waals surface area contributed by atoms with E-state index in [-0.39, 0.29) is 6.47 Å². The molecule has 1 fully saturated rings. The summed E-state index contributed by atoms with van der Waals surface area (Å²) in [6, 6.07) is 0. The molecule has 1 aliphatic rings. The fourth-order valence-corrected chi connectivity index (χ4v) is 0.884. The minimum Gasteiger partial charge on any atom is -0.304 e. The van der Waals surface area contributed by atoms with Gasteiger partial charge in [0.1, 0.15) is 0 Å². The minimum atomic E-state index is -0.0694. The topological polar surface area (TPSA) is 46.5 Å². The third-order valence-corrected chi connectivity index (χ3v) is 1.29. The van der Waals surface area contributed by atoms with Crippen LogP contribution in [0.4, 0.5) is 0 Å². The highest BCUT2D eigenvalue weighted by molar-refractivity contribution is 5.35. The molecule has 3 heteroatoms. The molecule has 0 saturated heterocycles. The molecule has 0 bridgehead atoms. The number of rotatable bonds is 1. The number of hydrogen-bond acceptors (Lipinski definition) is 3. The average Bonchev–Trinajstić information content (AvgIpc) is 2.43. The zero-order chi connectivity index (χ0) is 6.95. The van der Waals surface area contributed by atoms with Crippen LogP contribution < -0.4 is 0 Å². The van der Waals surface area contributed by atoms with E-state index in [2.05, 4.69) is 4.89 Å². The molecule has 3 nitrogen and oxygen atoms in total. The van der Waals surface area contributed by atoms with Gasteiger partial charge in [0.15, 0.2) is 0 Å². The Balaban J connectivity index is 0.000000148. The Morgan fingerprint density at radius 3 is 1.44 bits per heavy atom. The van der Waals surface area contributed by atoms with Crippen molar-refractivity contribution in [3.05, 3.63) is 0 Å². The summed E-state index contributed by atoms with van der Waals surface area (Å²) in [5, 5.41) is 7.01. The van der Waals surface area contributed by atoms with Crippen LogP contribution in [0.15, 0.2) is 0 Å². The minimum absolute atomic E-state index is 0.0694. The summed E-state index contributed by atoms with van der Waals surface area (Å²) in [4.78, 5) is 11.6. The lowest BCUT2D eigenvalue weighted by Gasteiger charge is -1.67. The van der Waals surface area contributed by atoms with Crippen LogP contribution in [-0.4, -0.2) is 11.7 Å². The molecule has 1 saturated carbocycles. The van der Waals surface area contributed by atoms with E-state index in [9.17, 15) is 0 Å². The second-order valence-electron chi connectivity index (χ2n) is 1.97. The van der Waals surface area contributed by atoms with Gasteiger partial charge in [0.2, 0.25) is 0 Å². The molecule has 0 radical (unpaired) electrons. The van der Waals surface area contributed by atoms with E-state index >= 15 is 0 Å². The molecule has 54 valence electrons. The Morgan fingerprint density at radius 1 is 1.11 bits per heavy atom. The summed E-state index contributed by atoms with van der Waals surface area (Å²) in [5.41, 5.74) is 0. The molecular weight excluding hydrogens is 120 g/mol. The van der Waals surface area contributed by atoms with Gasteiger partial charge in [0.25, 0.3) is 0 Å². The maximum absolute atomic E-state index is 8.70. The number of carbonyl (C=O) groups is 1. The summed E-state index contributed by atoms with van der Waals surface area (Å²) < 4.78 is 0. The van der Waals surface area contributed by atoms with Crippen molar-refractivity contribution in [2.75, 3.05) is 0 Å². The van der Waals surface area contributed by atoms with Crippen LogP contribution >= 0.6 is 0 Å². The van der Waals surface area contributed by atoms with Gasteiger partial charge in [-0.05, 0) is 0 Å². The van der Waals surface area contributed by atoms with Crippen LogP contribution in [0, 0.1) is 0 Å². The zero-order valence-electron chi connectivity index (χ0n) is 5.38. The van der Waals surface area contributed by atoms with E-state index in [0.29, 0.717) is 0 Å². The quantitative estimate of drug-likeness (QED) is 0.334. The van der Waals surface area contributed by atoms with Crippen molar-refractivity contribution in [3.63, 3.8) is 0 Å². The van der Waals surface area contributed by atoms with E-state index in [1.807, 2.05) is 0 Å². The van der Waals surface area contributed by atoms with Gasteiger partial charge in [-0.2, -0.15) is 0 Å². The largest absolute Gasteiger partial charge is 0.330 e. The molecule has 0 spiro atoms. The first-order valence-corrected chi connectivity index (χ1v) is 3.15. The summed E-state index contributed by atoms with van der Waals surface area (Å²) in [5.74, 6) is 0. The van der Waals surface area contributed by atoms with E-state index in [0.717, 1.165) is 0 Å². The number of carbonyl (C=O) groups excluding carboxylic acids is 1. The number of hydrogen-bond donors (Lipinski definition) is 1. The summed E-state index contributed by atoms with van der Waals surface area (Å²) in [6.45, 7) is -0.0694. The predicted molar refractivity (Wildman–Crippen MR) is 32.9 cm³/mol. The van der Waals surface area contributed by atoms with Crippen molar-refractivity contribution in [3.8, 4) is 0 Å². The van der Waals surface area contributed by atoms with Gasteiger partial charge in [-0.1, -0.05) is 32.1 Å². The molecule has 9 heavy (non-hydrogen) atoms. The highest BCUT2D eigenvalue weighted by atomic mass is 17.1. The molecular formula is C6H12O3. The van der Waals surface area contributed by atoms with Crippen molar-refractivity contribution >= 4 is 6.47 Å². The Kier molecular flexibility index (Phi) is 6.96. The maximum Gasteiger partial charge on any atom is 0.330 e. The van der Waals surface area contributed by atoms with Crippen LogP contribution in [0.2, 0.25) is 0 Å². The first-order chi connectivity index (χ1) is 4.41. The van der Waals surface area contributed by atoms with E-state index in [4.69, 9.17) is 10.1 Å². The molecule has 0 atom stereocenters. The fourth-order valence-electron chi connectivity index (χ4n) is 0.884. The molecule has 0 aromatic heterocycles. The van der Waals surface area contributed by atoms with Crippen LogP contribution in [0.1, 0.15) is 32.1 Å². The van der Waals surface area contributed by atoms with Crippen molar-refractivity contribution < 1.29 is 14.9 Å². The van der Waals surface area contributed by atoms with E-state index < -0.39 is 0 Å². The summed E-state index contributed by atoms with van der Waals surface area (Å²) in [7, 11) is 0. The Bertz CT molecular complexity index is 51.7. The second-order valence-corrected chi connectivity index (χ2v) is 1.97. The van der Waals surface area contributed by atoms with Gasteiger partial charge in [-0.3, -0.25) is 4.79 Å². The third-order valence-electron chi connectivity index (χ3n) is 1.29. The summed E-state index contributed by atoms with van der Waals surface area (Å²) in [6.07, 6.45) is 7.50. The Morgan fingerprint density at radius 2 is 1.33 bits per heavy atom. The summed E-state index contributed by atoms with van der Waals surface area (Å²) >= 11 is 0. The molecule has 1 N–H and O–H groups in total. The van der Waals surface area contributed by atoms with Gasteiger partial charge in [0, 0.05) is 0 Å². The molecule has 1 aliphatic carbocycles. The van der Waals surface area contributed by atoms with Gasteiger partial charge < -0.3 is 4.89 Å². The van der Waals surface area contributed by atoms with E-state index in [1.165, 1.54) is 32.1 Å². The monoisotopic (exact) mass is 132 g/mol. The van der Waals surface area contributed by atoms with Crippen LogP contribution in [0.25, 0.3) is 0 Å². The van der Waals surface area contributed by atoms with E-state index in [1.54, 1.807) is 0 Å². The van der Waals surface area contributed by atoms with Crippen molar-refractivity contribution in [2.45, 2.75) is 32.1 Å². The molecule has 0 unspecified atom stereocenters. The van der Waals surface area contributed by atoms with Crippen molar-refractivity contribution in [1.29, 1.82) is 0 Å². The Hall–Kier alpha value is -0.570. The fraction of sp³-hybridized carbons (Fsp3) is 0.833. The average molecular weight is 132 g/mol. The smallest absolute Gasteiger partial charge is 0.304 e. The third kappa shape index (κ3) is 7.43. The Labute approximate surface area is 54.6 Å².